The molecule has 1 aromatic carbocycles. The molecule has 18 heavy (non-hydrogen) atoms. The van der Waals surface area contributed by atoms with Crippen LogP contribution in [0.25, 0.3) is 0 Å². The Kier molecular flexibility index (Phi) is 5.25. The van der Waals surface area contributed by atoms with E-state index >= 15 is 0 Å². The first-order valence-electron chi connectivity index (χ1n) is 5.19. The normalized spacial score (nSPS) is 10.2. The van der Waals surface area contributed by atoms with Gasteiger partial charge in [0.1, 0.15) is 0 Å². The third-order valence-corrected chi connectivity index (χ3v) is 2.38. The summed E-state index contributed by atoms with van der Waals surface area (Å²) in [5.41, 5.74) is 0.0875. The molecule has 98 valence electrons. The lowest BCUT2D eigenvalue weighted by Gasteiger charge is -2.07. The number of ether oxygens (including phenoxy) is 2. The highest BCUT2D eigenvalue weighted by Gasteiger charge is 2.23. The molecule has 0 aliphatic rings. The van der Waals surface area contributed by atoms with Crippen LogP contribution in [0.3, 0.4) is 0 Å². The molecule has 0 unspecified atom stereocenters. The lowest BCUT2D eigenvalue weighted by molar-refractivity contribution is -0.137. The van der Waals surface area contributed by atoms with Crippen molar-refractivity contribution in [1.82, 2.24) is 0 Å². The molecule has 4 nitrogen and oxygen atoms in total. The monoisotopic (exact) mass is 274 g/mol. The first-order valence-corrected chi connectivity index (χ1v) is 5.57. The van der Waals surface area contributed by atoms with Gasteiger partial charge in [0.05, 0.1) is 23.8 Å². The summed E-state index contributed by atoms with van der Waals surface area (Å²) in [6.45, 7) is 1.75. The van der Waals surface area contributed by atoms with Crippen LogP contribution in [0.2, 0.25) is 5.02 Å². The summed E-state index contributed by atoms with van der Waals surface area (Å²) in [5, 5.41) is -0.239. The highest BCUT2D eigenvalue weighted by Crippen LogP contribution is 2.22. The van der Waals surface area contributed by atoms with E-state index < -0.39 is 23.1 Å². The van der Waals surface area contributed by atoms with Crippen LogP contribution in [0, 0.1) is 5.82 Å². The number of hydrogen-bond donors (Lipinski definition) is 0. The molecule has 0 saturated carbocycles. The second kappa shape index (κ2) is 6.47. The molecule has 0 amide bonds. The molecule has 0 saturated heterocycles. The Labute approximate surface area is 109 Å². The minimum absolute atomic E-state index is 0.0394. The average Bonchev–Trinajstić information content (AvgIpc) is 2.33. The van der Waals surface area contributed by atoms with Crippen molar-refractivity contribution in [2.24, 2.45) is 0 Å². The van der Waals surface area contributed by atoms with E-state index in [4.69, 9.17) is 16.3 Å². The van der Waals surface area contributed by atoms with E-state index in [1.54, 1.807) is 6.92 Å². The predicted molar refractivity (Wildman–Crippen MR) is 63.1 cm³/mol. The lowest BCUT2D eigenvalue weighted by Crippen LogP contribution is -2.19. The number of carbonyl (C=O) groups is 2. The Hall–Kier alpha value is -1.46. The maximum Gasteiger partial charge on any atom is 0.379 e. The van der Waals surface area contributed by atoms with E-state index in [-0.39, 0.29) is 18.2 Å². The molecule has 1 rings (SSSR count). The Morgan fingerprint density at radius 3 is 2.61 bits per heavy atom. The lowest BCUT2D eigenvalue weighted by atomic mass is 10.1. The Bertz CT molecular complexity index is 473. The fourth-order valence-electron chi connectivity index (χ4n) is 1.37. The number of halogens is 2. The van der Waals surface area contributed by atoms with Gasteiger partial charge < -0.3 is 9.47 Å². The number of rotatable bonds is 5. The Balaban J connectivity index is 3.14. The van der Waals surface area contributed by atoms with Crippen molar-refractivity contribution in [2.75, 3.05) is 13.7 Å². The van der Waals surface area contributed by atoms with E-state index in [1.807, 2.05) is 0 Å². The summed E-state index contributed by atoms with van der Waals surface area (Å²) < 4.78 is 23.1. The van der Waals surface area contributed by atoms with Crippen molar-refractivity contribution in [1.29, 1.82) is 0 Å². The summed E-state index contributed by atoms with van der Waals surface area (Å²) in [5.74, 6) is -3.11. The van der Waals surface area contributed by atoms with Crippen LogP contribution >= 0.6 is 11.6 Å². The molecule has 6 heteroatoms. The molecule has 0 aromatic heterocycles. The van der Waals surface area contributed by atoms with Gasteiger partial charge in [0.2, 0.25) is 0 Å². The third-order valence-electron chi connectivity index (χ3n) is 2.10. The minimum atomic E-state index is -1.11. The summed E-state index contributed by atoms with van der Waals surface area (Å²) in [7, 11) is 1.45. The quantitative estimate of drug-likeness (QED) is 0.470. The Morgan fingerprint density at radius 2 is 2.06 bits per heavy atom. The van der Waals surface area contributed by atoms with Crippen molar-refractivity contribution >= 4 is 23.4 Å². The highest BCUT2D eigenvalue weighted by molar-refractivity contribution is 6.41. The average molecular weight is 275 g/mol. The number of Topliss-reactive ketones (excluding diaryl/α,β-unsaturated/α-hetero) is 1. The van der Waals surface area contributed by atoms with Gasteiger partial charge in [0, 0.05) is 7.11 Å². The first kappa shape index (κ1) is 14.6. The van der Waals surface area contributed by atoms with Gasteiger partial charge in [-0.25, -0.2) is 9.18 Å². The SMILES string of the molecule is CCOC(=O)C(=O)c1cc(COC)cc(Cl)c1F. The van der Waals surface area contributed by atoms with Gasteiger partial charge in [-0.15, -0.1) is 0 Å². The molecule has 1 aromatic rings. The molecule has 0 bridgehead atoms. The van der Waals surface area contributed by atoms with Crippen LogP contribution in [-0.2, 0) is 20.9 Å². The van der Waals surface area contributed by atoms with E-state index in [2.05, 4.69) is 4.74 Å². The van der Waals surface area contributed by atoms with E-state index in [0.717, 1.165) is 0 Å². The minimum Gasteiger partial charge on any atom is -0.460 e. The van der Waals surface area contributed by atoms with Crippen molar-refractivity contribution < 1.29 is 23.5 Å². The van der Waals surface area contributed by atoms with Gasteiger partial charge in [0.15, 0.2) is 5.82 Å². The molecule has 0 aliphatic heterocycles. The van der Waals surface area contributed by atoms with E-state index in [0.29, 0.717) is 5.56 Å². The maximum atomic E-state index is 13.7. The van der Waals surface area contributed by atoms with Crippen molar-refractivity contribution in [3.05, 3.63) is 34.1 Å². The summed E-state index contributed by atoms with van der Waals surface area (Å²) in [4.78, 5) is 22.9. The number of hydrogen-bond acceptors (Lipinski definition) is 4. The van der Waals surface area contributed by atoms with Gasteiger partial charge in [0.25, 0.3) is 5.78 Å². The van der Waals surface area contributed by atoms with Crippen LogP contribution < -0.4 is 0 Å². The summed E-state index contributed by atoms with van der Waals surface area (Å²) in [6.07, 6.45) is 0. The molecule has 0 heterocycles. The number of esters is 1. The largest absolute Gasteiger partial charge is 0.460 e. The first-order chi connectivity index (χ1) is 8.51. The highest BCUT2D eigenvalue weighted by atomic mass is 35.5. The maximum absolute atomic E-state index is 13.7. The van der Waals surface area contributed by atoms with E-state index in [1.165, 1.54) is 19.2 Å². The van der Waals surface area contributed by atoms with Crippen molar-refractivity contribution in [3.63, 3.8) is 0 Å². The second-order valence-electron chi connectivity index (χ2n) is 3.42. The molecule has 0 N–H and O–H groups in total. The smallest absolute Gasteiger partial charge is 0.379 e. The van der Waals surface area contributed by atoms with Gasteiger partial charge in [-0.1, -0.05) is 11.6 Å². The van der Waals surface area contributed by atoms with Gasteiger partial charge in [-0.05, 0) is 24.6 Å². The fraction of sp³-hybridized carbons (Fsp3) is 0.333. The second-order valence-corrected chi connectivity index (χ2v) is 3.83. The number of ketones is 1. The zero-order valence-corrected chi connectivity index (χ0v) is 10.7. The molecular formula is C12H12ClFO4. The topological polar surface area (TPSA) is 52.6 Å². The van der Waals surface area contributed by atoms with Crippen LogP contribution in [0.5, 0.6) is 0 Å². The molecular weight excluding hydrogens is 263 g/mol. The van der Waals surface area contributed by atoms with Gasteiger partial charge in [-0.2, -0.15) is 0 Å². The van der Waals surface area contributed by atoms with Gasteiger partial charge >= 0.3 is 5.97 Å². The molecule has 0 fully saturated rings. The zero-order chi connectivity index (χ0) is 13.7. The number of methoxy groups -OCH3 is 1. The zero-order valence-electron chi connectivity index (χ0n) is 9.96. The summed E-state index contributed by atoms with van der Waals surface area (Å²) in [6, 6.07) is 2.56. The summed E-state index contributed by atoms with van der Waals surface area (Å²) >= 11 is 5.65. The Morgan fingerprint density at radius 1 is 1.39 bits per heavy atom. The molecule has 0 atom stereocenters. The molecule has 0 spiro atoms. The predicted octanol–water partition coefficient (Wildman–Crippen LogP) is 2.37. The molecule has 0 aliphatic carbocycles. The van der Waals surface area contributed by atoms with Crippen LogP contribution in [0.15, 0.2) is 12.1 Å². The standard InChI is InChI=1S/C12H12ClFO4/c1-3-18-12(16)11(15)8-4-7(6-17-2)5-9(13)10(8)14/h4-5H,3,6H2,1-2H3. The van der Waals surface area contributed by atoms with Crippen LogP contribution in [0.1, 0.15) is 22.8 Å². The van der Waals surface area contributed by atoms with Crippen molar-refractivity contribution in [2.45, 2.75) is 13.5 Å². The molecule has 0 radical (unpaired) electrons. The number of carbonyl (C=O) groups excluding carboxylic acids is 2. The fourth-order valence-corrected chi connectivity index (χ4v) is 1.61. The van der Waals surface area contributed by atoms with Crippen LogP contribution in [-0.4, -0.2) is 25.5 Å². The van der Waals surface area contributed by atoms with E-state index in [9.17, 15) is 14.0 Å². The van der Waals surface area contributed by atoms with Crippen molar-refractivity contribution in [3.8, 4) is 0 Å². The number of benzene rings is 1. The third kappa shape index (κ3) is 3.27. The van der Waals surface area contributed by atoms with Gasteiger partial charge in [-0.3, -0.25) is 4.79 Å². The van der Waals surface area contributed by atoms with Crippen LogP contribution in [0.4, 0.5) is 4.39 Å².